The van der Waals surface area contributed by atoms with E-state index in [1.165, 1.54) is 12.1 Å². The van der Waals surface area contributed by atoms with Gasteiger partial charge in [0.15, 0.2) is 0 Å². The van der Waals surface area contributed by atoms with Crippen molar-refractivity contribution >= 4 is 5.91 Å². The third-order valence-electron chi connectivity index (χ3n) is 5.44. The molecule has 1 atom stereocenters. The molecule has 0 bridgehead atoms. The molecule has 0 spiro atoms. The van der Waals surface area contributed by atoms with Gasteiger partial charge in [-0.3, -0.25) is 9.59 Å². The summed E-state index contributed by atoms with van der Waals surface area (Å²) in [7, 11) is 0. The number of aromatic amines is 1. The van der Waals surface area contributed by atoms with Crippen molar-refractivity contribution in [1.82, 2.24) is 14.9 Å². The standard InChI is InChI=1S/C22H28FN3O2/c1-3-5-8-16(4-2)22(28)26-11-10-19-18(14-26)21(27)25-20(24-19)13-15-7-6-9-17(23)12-15/h6-7,9,12,16H,3-5,8,10-11,13-14H2,1-2H3,(H,24,25,27)/t16-/m1/s1. The molecule has 150 valence electrons. The number of halogens is 1. The minimum Gasteiger partial charge on any atom is -0.337 e. The lowest BCUT2D eigenvalue weighted by Gasteiger charge is -2.31. The molecular formula is C22H28FN3O2. The van der Waals surface area contributed by atoms with Crippen LogP contribution in [0.25, 0.3) is 0 Å². The van der Waals surface area contributed by atoms with Crippen molar-refractivity contribution in [3.63, 3.8) is 0 Å². The second kappa shape index (κ2) is 9.13. The Kier molecular flexibility index (Phi) is 6.60. The van der Waals surface area contributed by atoms with Crippen LogP contribution in [0.3, 0.4) is 0 Å². The number of hydrogen-bond donors (Lipinski definition) is 1. The molecule has 1 aliphatic rings. The molecule has 1 aromatic carbocycles. The molecule has 0 saturated carbocycles. The van der Waals surface area contributed by atoms with Crippen molar-refractivity contribution in [3.8, 4) is 0 Å². The Balaban J connectivity index is 1.75. The van der Waals surface area contributed by atoms with Crippen LogP contribution in [0.15, 0.2) is 29.1 Å². The maximum absolute atomic E-state index is 13.4. The topological polar surface area (TPSA) is 66.1 Å². The highest BCUT2D eigenvalue weighted by atomic mass is 19.1. The van der Waals surface area contributed by atoms with Gasteiger partial charge in [0.2, 0.25) is 5.91 Å². The number of amides is 1. The molecule has 3 rings (SSSR count). The average Bonchev–Trinajstić information content (AvgIpc) is 2.68. The fraction of sp³-hybridized carbons (Fsp3) is 0.500. The Labute approximate surface area is 165 Å². The predicted octanol–water partition coefficient (Wildman–Crippen LogP) is 3.60. The van der Waals surface area contributed by atoms with Gasteiger partial charge < -0.3 is 9.88 Å². The number of fused-ring (bicyclic) bond motifs is 1. The van der Waals surface area contributed by atoms with E-state index in [0.717, 1.165) is 36.9 Å². The second-order valence-corrected chi connectivity index (χ2v) is 7.50. The Morgan fingerprint density at radius 1 is 1.36 bits per heavy atom. The number of nitrogens with zero attached hydrogens (tertiary/aromatic N) is 2. The summed E-state index contributed by atoms with van der Waals surface area (Å²) in [5.74, 6) is 0.398. The lowest BCUT2D eigenvalue weighted by molar-refractivity contribution is -0.136. The number of unbranched alkanes of at least 4 members (excludes halogenated alkanes) is 1. The molecule has 0 unspecified atom stereocenters. The van der Waals surface area contributed by atoms with Gasteiger partial charge in [0, 0.05) is 25.3 Å². The van der Waals surface area contributed by atoms with E-state index in [4.69, 9.17) is 0 Å². The molecule has 6 heteroatoms. The van der Waals surface area contributed by atoms with E-state index in [-0.39, 0.29) is 23.2 Å². The molecule has 0 radical (unpaired) electrons. The van der Waals surface area contributed by atoms with Crippen LogP contribution in [0.1, 0.15) is 62.2 Å². The largest absolute Gasteiger partial charge is 0.337 e. The lowest BCUT2D eigenvalue weighted by atomic mass is 9.96. The Bertz CT molecular complexity index is 894. The van der Waals surface area contributed by atoms with E-state index in [1.54, 1.807) is 11.0 Å². The highest BCUT2D eigenvalue weighted by Gasteiger charge is 2.28. The van der Waals surface area contributed by atoms with Crippen molar-refractivity contribution in [1.29, 1.82) is 0 Å². The first-order chi connectivity index (χ1) is 13.5. The van der Waals surface area contributed by atoms with Crippen LogP contribution in [0.4, 0.5) is 4.39 Å². The van der Waals surface area contributed by atoms with E-state index in [2.05, 4.69) is 16.9 Å². The SMILES string of the molecule is CCCC[C@@H](CC)C(=O)N1CCc2nc(Cc3cccc(F)c3)[nH]c(=O)c2C1. The molecule has 1 amide bonds. The van der Waals surface area contributed by atoms with Crippen molar-refractivity contribution < 1.29 is 9.18 Å². The quantitative estimate of drug-likeness (QED) is 0.792. The molecule has 0 aliphatic carbocycles. The number of carbonyl (C=O) groups is 1. The summed E-state index contributed by atoms with van der Waals surface area (Å²) in [4.78, 5) is 34.7. The van der Waals surface area contributed by atoms with Crippen molar-refractivity contribution in [3.05, 3.63) is 63.1 Å². The van der Waals surface area contributed by atoms with E-state index in [0.29, 0.717) is 37.3 Å². The molecule has 1 aromatic heterocycles. The summed E-state index contributed by atoms with van der Waals surface area (Å²) >= 11 is 0. The maximum Gasteiger partial charge on any atom is 0.256 e. The third kappa shape index (κ3) is 4.66. The van der Waals surface area contributed by atoms with Crippen LogP contribution < -0.4 is 5.56 Å². The van der Waals surface area contributed by atoms with E-state index in [1.807, 2.05) is 13.0 Å². The molecule has 0 fully saturated rings. The summed E-state index contributed by atoms with van der Waals surface area (Å²) in [5, 5.41) is 0. The summed E-state index contributed by atoms with van der Waals surface area (Å²) in [6.07, 6.45) is 4.79. The van der Waals surface area contributed by atoms with Crippen LogP contribution in [0, 0.1) is 11.7 Å². The number of H-pyrrole nitrogens is 1. The normalized spacial score (nSPS) is 14.6. The average molecular weight is 385 g/mol. The number of hydrogen-bond acceptors (Lipinski definition) is 3. The minimum atomic E-state index is -0.305. The number of rotatable bonds is 7. The van der Waals surface area contributed by atoms with Gasteiger partial charge in [-0.2, -0.15) is 0 Å². The Hall–Kier alpha value is -2.50. The highest BCUT2D eigenvalue weighted by Crippen LogP contribution is 2.21. The van der Waals surface area contributed by atoms with E-state index in [9.17, 15) is 14.0 Å². The monoisotopic (exact) mass is 385 g/mol. The molecule has 5 nitrogen and oxygen atoms in total. The second-order valence-electron chi connectivity index (χ2n) is 7.50. The number of aromatic nitrogens is 2. The molecular weight excluding hydrogens is 357 g/mol. The van der Waals surface area contributed by atoms with Crippen LogP contribution in [0.2, 0.25) is 0 Å². The highest BCUT2D eigenvalue weighted by molar-refractivity contribution is 5.79. The van der Waals surface area contributed by atoms with Crippen molar-refractivity contribution in [2.45, 2.75) is 58.9 Å². The van der Waals surface area contributed by atoms with E-state index < -0.39 is 0 Å². The fourth-order valence-corrected chi connectivity index (χ4v) is 3.80. The minimum absolute atomic E-state index is 0.0285. The molecule has 1 N–H and O–H groups in total. The van der Waals surface area contributed by atoms with Crippen LogP contribution in [-0.4, -0.2) is 27.3 Å². The zero-order valence-electron chi connectivity index (χ0n) is 16.6. The molecule has 0 saturated heterocycles. The number of nitrogens with one attached hydrogen (secondary N) is 1. The van der Waals surface area contributed by atoms with E-state index >= 15 is 0 Å². The van der Waals surface area contributed by atoms with Crippen molar-refractivity contribution in [2.75, 3.05) is 6.54 Å². The van der Waals surface area contributed by atoms with Crippen LogP contribution in [-0.2, 0) is 24.2 Å². The summed E-state index contributed by atoms with van der Waals surface area (Å²) in [6, 6.07) is 6.29. The van der Waals surface area contributed by atoms with Gasteiger partial charge in [0.1, 0.15) is 11.6 Å². The molecule has 28 heavy (non-hydrogen) atoms. The first-order valence-corrected chi connectivity index (χ1v) is 10.2. The van der Waals surface area contributed by atoms with Gasteiger partial charge in [0.25, 0.3) is 5.56 Å². The zero-order valence-corrected chi connectivity index (χ0v) is 16.6. The van der Waals surface area contributed by atoms with Gasteiger partial charge in [0.05, 0.1) is 17.8 Å². The first-order valence-electron chi connectivity index (χ1n) is 10.2. The molecule has 1 aliphatic heterocycles. The first kappa shape index (κ1) is 20.2. The van der Waals surface area contributed by atoms with Gasteiger partial charge >= 0.3 is 0 Å². The van der Waals surface area contributed by atoms with Crippen LogP contribution in [0.5, 0.6) is 0 Å². The van der Waals surface area contributed by atoms with Gasteiger partial charge in [-0.1, -0.05) is 38.8 Å². The Morgan fingerprint density at radius 2 is 2.18 bits per heavy atom. The predicted molar refractivity (Wildman–Crippen MR) is 106 cm³/mol. The third-order valence-corrected chi connectivity index (χ3v) is 5.44. The number of carbonyl (C=O) groups excluding carboxylic acids is 1. The van der Waals surface area contributed by atoms with Crippen LogP contribution >= 0.6 is 0 Å². The fourth-order valence-electron chi connectivity index (χ4n) is 3.80. The summed E-state index contributed by atoms with van der Waals surface area (Å²) in [6.45, 7) is 5.08. The van der Waals surface area contributed by atoms with Gasteiger partial charge in [-0.05, 0) is 30.5 Å². The lowest BCUT2D eigenvalue weighted by Crippen LogP contribution is -2.42. The molecule has 2 aromatic rings. The summed E-state index contributed by atoms with van der Waals surface area (Å²) in [5.41, 5.74) is 1.89. The summed E-state index contributed by atoms with van der Waals surface area (Å²) < 4.78 is 13.4. The van der Waals surface area contributed by atoms with Gasteiger partial charge in [-0.15, -0.1) is 0 Å². The zero-order chi connectivity index (χ0) is 20.1. The smallest absolute Gasteiger partial charge is 0.256 e. The Morgan fingerprint density at radius 3 is 2.89 bits per heavy atom. The van der Waals surface area contributed by atoms with Crippen molar-refractivity contribution in [2.24, 2.45) is 5.92 Å². The maximum atomic E-state index is 13.4. The van der Waals surface area contributed by atoms with Gasteiger partial charge in [-0.25, -0.2) is 9.37 Å². The molecule has 2 heterocycles. The number of benzene rings is 1.